The van der Waals surface area contributed by atoms with Crippen molar-refractivity contribution in [2.24, 2.45) is 0 Å². The Hall–Kier alpha value is -2.31. The van der Waals surface area contributed by atoms with Gasteiger partial charge in [-0.1, -0.05) is 6.07 Å². The minimum absolute atomic E-state index is 0.0314. The third-order valence-corrected chi connectivity index (χ3v) is 2.04. The molecule has 0 aliphatic rings. The summed E-state index contributed by atoms with van der Waals surface area (Å²) in [5, 5.41) is 7.11. The van der Waals surface area contributed by atoms with Gasteiger partial charge in [-0.2, -0.15) is 13.2 Å². The van der Waals surface area contributed by atoms with Crippen molar-refractivity contribution in [1.82, 2.24) is 10.2 Å². The molecule has 0 amide bonds. The number of benzene rings is 1. The molecule has 7 heteroatoms. The number of nitrogens with two attached hydrogens (primary N) is 1. The van der Waals surface area contributed by atoms with E-state index in [2.05, 4.69) is 10.2 Å². The fraction of sp³-hybridized carbons (Fsp3) is 0.0909. The third kappa shape index (κ3) is 2.88. The molecule has 4 nitrogen and oxygen atoms in total. The summed E-state index contributed by atoms with van der Waals surface area (Å²) in [4.78, 5) is 0. The van der Waals surface area contributed by atoms with Crippen molar-refractivity contribution in [2.75, 3.05) is 5.73 Å². The molecule has 2 N–H and O–H groups in total. The summed E-state index contributed by atoms with van der Waals surface area (Å²) < 4.78 is 42.5. The van der Waals surface area contributed by atoms with Gasteiger partial charge in [0, 0.05) is 6.07 Å². The third-order valence-electron chi connectivity index (χ3n) is 2.04. The lowest BCUT2D eigenvalue weighted by Gasteiger charge is -2.09. The second-order valence-electron chi connectivity index (χ2n) is 3.42. The molecule has 0 aliphatic heterocycles. The lowest BCUT2D eigenvalue weighted by Crippen LogP contribution is -2.04. The smallest absolute Gasteiger partial charge is 0.416 e. The van der Waals surface area contributed by atoms with Crippen molar-refractivity contribution >= 4 is 5.82 Å². The molecule has 2 aromatic rings. The number of aromatic nitrogens is 2. The van der Waals surface area contributed by atoms with Gasteiger partial charge < -0.3 is 10.5 Å². The van der Waals surface area contributed by atoms with Crippen molar-refractivity contribution < 1.29 is 17.9 Å². The second kappa shape index (κ2) is 4.52. The Balaban J connectivity index is 2.22. The molecular formula is C11H8F3N3O. The molecule has 1 aromatic heterocycles. The van der Waals surface area contributed by atoms with Crippen LogP contribution >= 0.6 is 0 Å². The van der Waals surface area contributed by atoms with E-state index < -0.39 is 11.7 Å². The number of halogens is 3. The van der Waals surface area contributed by atoms with Crippen LogP contribution in [0.1, 0.15) is 5.56 Å². The van der Waals surface area contributed by atoms with Crippen molar-refractivity contribution in [3.8, 4) is 11.6 Å². The number of rotatable bonds is 2. The highest BCUT2D eigenvalue weighted by Gasteiger charge is 2.30. The Morgan fingerprint density at radius 2 is 1.83 bits per heavy atom. The molecule has 0 unspecified atom stereocenters. The molecule has 2 rings (SSSR count). The van der Waals surface area contributed by atoms with E-state index in [1.165, 1.54) is 24.3 Å². The Bertz CT molecular complexity index is 540. The first-order valence-electron chi connectivity index (χ1n) is 4.89. The molecule has 0 fully saturated rings. The summed E-state index contributed by atoms with van der Waals surface area (Å²) in [6.07, 6.45) is -4.41. The average molecular weight is 255 g/mol. The van der Waals surface area contributed by atoms with Gasteiger partial charge in [0.05, 0.1) is 5.56 Å². The normalized spacial score (nSPS) is 11.3. The van der Waals surface area contributed by atoms with E-state index in [0.717, 1.165) is 12.1 Å². The second-order valence-corrected chi connectivity index (χ2v) is 3.42. The van der Waals surface area contributed by atoms with Gasteiger partial charge >= 0.3 is 6.18 Å². The summed E-state index contributed by atoms with van der Waals surface area (Å²) in [5.41, 5.74) is 4.53. The maximum Gasteiger partial charge on any atom is 0.416 e. The fourth-order valence-corrected chi connectivity index (χ4v) is 1.24. The summed E-state index contributed by atoms with van der Waals surface area (Å²) in [5.74, 6) is 0.304. The van der Waals surface area contributed by atoms with E-state index in [1.54, 1.807) is 0 Å². The van der Waals surface area contributed by atoms with Crippen molar-refractivity contribution in [1.29, 1.82) is 0 Å². The fourth-order valence-electron chi connectivity index (χ4n) is 1.24. The van der Waals surface area contributed by atoms with Gasteiger partial charge in [-0.3, -0.25) is 0 Å². The van der Waals surface area contributed by atoms with Crippen molar-refractivity contribution in [3.63, 3.8) is 0 Å². The molecule has 1 aromatic carbocycles. The molecule has 0 atom stereocenters. The molecule has 0 aliphatic carbocycles. The monoisotopic (exact) mass is 255 g/mol. The molecule has 18 heavy (non-hydrogen) atoms. The van der Waals surface area contributed by atoms with E-state index in [9.17, 15) is 13.2 Å². The Morgan fingerprint density at radius 3 is 2.44 bits per heavy atom. The predicted octanol–water partition coefficient (Wildman–Crippen LogP) is 2.87. The minimum atomic E-state index is -4.41. The zero-order chi connectivity index (χ0) is 13.2. The number of ether oxygens (including phenoxy) is 1. The Labute approximate surface area is 100 Å². The highest BCUT2D eigenvalue weighted by atomic mass is 19.4. The lowest BCUT2D eigenvalue weighted by molar-refractivity contribution is -0.137. The van der Waals surface area contributed by atoms with E-state index in [0.29, 0.717) is 0 Å². The lowest BCUT2D eigenvalue weighted by atomic mass is 10.2. The maximum absolute atomic E-state index is 12.5. The average Bonchev–Trinajstić information content (AvgIpc) is 2.31. The number of hydrogen-bond donors (Lipinski definition) is 1. The van der Waals surface area contributed by atoms with E-state index in [-0.39, 0.29) is 17.4 Å². The molecule has 0 radical (unpaired) electrons. The molecule has 0 saturated carbocycles. The Morgan fingerprint density at radius 1 is 1.06 bits per heavy atom. The molecule has 0 bridgehead atoms. The largest absolute Gasteiger partial charge is 0.438 e. The number of nitrogens with zero attached hydrogens (tertiary/aromatic N) is 2. The summed E-state index contributed by atoms with van der Waals surface area (Å²) in [6.45, 7) is 0. The first-order valence-corrected chi connectivity index (χ1v) is 4.89. The zero-order valence-electron chi connectivity index (χ0n) is 8.98. The SMILES string of the molecule is Nc1ccc(Oc2cccc(C(F)(F)F)c2)nn1. The van der Waals surface area contributed by atoms with Crippen LogP contribution in [-0.2, 0) is 6.18 Å². The van der Waals surface area contributed by atoms with E-state index in [4.69, 9.17) is 10.5 Å². The predicted molar refractivity (Wildman–Crippen MR) is 58.0 cm³/mol. The van der Waals surface area contributed by atoms with Gasteiger partial charge in [0.1, 0.15) is 11.6 Å². The van der Waals surface area contributed by atoms with Crippen LogP contribution in [0.25, 0.3) is 0 Å². The van der Waals surface area contributed by atoms with Crippen LogP contribution in [-0.4, -0.2) is 10.2 Å². The summed E-state index contributed by atoms with van der Waals surface area (Å²) in [7, 11) is 0. The first-order chi connectivity index (χ1) is 8.45. The van der Waals surface area contributed by atoms with E-state index >= 15 is 0 Å². The number of alkyl halides is 3. The van der Waals surface area contributed by atoms with Crippen LogP contribution in [0.15, 0.2) is 36.4 Å². The van der Waals surface area contributed by atoms with Crippen LogP contribution in [0.2, 0.25) is 0 Å². The molecule has 0 saturated heterocycles. The highest BCUT2D eigenvalue weighted by Crippen LogP contribution is 2.32. The van der Waals surface area contributed by atoms with Gasteiger partial charge in [-0.25, -0.2) is 0 Å². The molecule has 1 heterocycles. The minimum Gasteiger partial charge on any atom is -0.438 e. The molecular weight excluding hydrogens is 247 g/mol. The summed E-state index contributed by atoms with van der Waals surface area (Å²) in [6, 6.07) is 7.36. The van der Waals surface area contributed by atoms with Crippen molar-refractivity contribution in [3.05, 3.63) is 42.0 Å². The standard InChI is InChI=1S/C11H8F3N3O/c12-11(13,14)7-2-1-3-8(6-7)18-10-5-4-9(15)16-17-10/h1-6H,(H2,15,16). The number of anilines is 1. The van der Waals surface area contributed by atoms with Crippen LogP contribution in [0.4, 0.5) is 19.0 Å². The maximum atomic E-state index is 12.5. The topological polar surface area (TPSA) is 61.0 Å². The highest BCUT2D eigenvalue weighted by molar-refractivity contribution is 5.34. The van der Waals surface area contributed by atoms with Crippen LogP contribution in [0.5, 0.6) is 11.6 Å². The van der Waals surface area contributed by atoms with Crippen LogP contribution in [0, 0.1) is 0 Å². The van der Waals surface area contributed by atoms with Gasteiger partial charge in [-0.05, 0) is 24.3 Å². The van der Waals surface area contributed by atoms with Crippen molar-refractivity contribution in [2.45, 2.75) is 6.18 Å². The van der Waals surface area contributed by atoms with Crippen LogP contribution in [0.3, 0.4) is 0 Å². The molecule has 0 spiro atoms. The molecule has 94 valence electrons. The van der Waals surface area contributed by atoms with Gasteiger partial charge in [0.2, 0.25) is 5.88 Å². The summed E-state index contributed by atoms with van der Waals surface area (Å²) >= 11 is 0. The van der Waals surface area contributed by atoms with E-state index in [1.807, 2.05) is 0 Å². The first kappa shape index (κ1) is 12.2. The van der Waals surface area contributed by atoms with Gasteiger partial charge in [-0.15, -0.1) is 10.2 Å². The zero-order valence-corrected chi connectivity index (χ0v) is 8.98. The van der Waals surface area contributed by atoms with Crippen LogP contribution < -0.4 is 10.5 Å². The quantitative estimate of drug-likeness (QED) is 0.896. The number of hydrogen-bond acceptors (Lipinski definition) is 4. The van der Waals surface area contributed by atoms with Gasteiger partial charge in [0.15, 0.2) is 0 Å². The van der Waals surface area contributed by atoms with Gasteiger partial charge in [0.25, 0.3) is 0 Å². The number of nitrogen functional groups attached to an aromatic ring is 1. The Kier molecular flexibility index (Phi) is 3.05.